The topological polar surface area (TPSA) is 29.5 Å². The summed E-state index contributed by atoms with van der Waals surface area (Å²) < 4.78 is 4.73. The molecule has 2 nitrogen and oxygen atoms in total. The second-order valence-electron chi connectivity index (χ2n) is 1.89. The molecule has 0 aliphatic carbocycles. The Balaban J connectivity index is 2.94. The van der Waals surface area contributed by atoms with Crippen molar-refractivity contribution in [3.63, 3.8) is 0 Å². The first-order valence-electron chi connectivity index (χ1n) is 3.44. The molecule has 0 aromatic carbocycles. The number of aliphatic hydroxyl groups is 1. The van der Waals surface area contributed by atoms with E-state index in [1.807, 2.05) is 6.08 Å². The minimum atomic E-state index is 0.274. The van der Waals surface area contributed by atoms with Gasteiger partial charge in [0.05, 0.1) is 12.5 Å². The van der Waals surface area contributed by atoms with Gasteiger partial charge in [0.25, 0.3) is 0 Å². The van der Waals surface area contributed by atoms with E-state index in [9.17, 15) is 0 Å². The fraction of sp³-hybridized carbons (Fsp3) is 0.500. The summed E-state index contributed by atoms with van der Waals surface area (Å²) in [5.74, 6) is 0. The van der Waals surface area contributed by atoms with Crippen molar-refractivity contribution in [1.82, 2.24) is 0 Å². The van der Waals surface area contributed by atoms with Gasteiger partial charge < -0.3 is 9.84 Å². The average molecular weight is 142 g/mol. The molecule has 0 aromatic rings. The highest BCUT2D eigenvalue weighted by Gasteiger charge is 1.80. The van der Waals surface area contributed by atoms with Gasteiger partial charge in [-0.1, -0.05) is 6.58 Å². The Morgan fingerprint density at radius 2 is 2.20 bits per heavy atom. The van der Waals surface area contributed by atoms with Crippen molar-refractivity contribution < 1.29 is 9.84 Å². The van der Waals surface area contributed by atoms with Crippen LogP contribution >= 0.6 is 0 Å². The van der Waals surface area contributed by atoms with Gasteiger partial charge in [-0.2, -0.15) is 0 Å². The van der Waals surface area contributed by atoms with E-state index in [1.54, 1.807) is 6.26 Å². The van der Waals surface area contributed by atoms with E-state index in [-0.39, 0.29) is 6.61 Å². The van der Waals surface area contributed by atoms with Crippen LogP contribution in [-0.4, -0.2) is 11.7 Å². The third-order valence-electron chi connectivity index (χ3n) is 1.05. The Morgan fingerprint density at radius 1 is 1.40 bits per heavy atom. The van der Waals surface area contributed by atoms with Crippen LogP contribution in [-0.2, 0) is 4.74 Å². The number of ether oxygens (including phenoxy) is 1. The fourth-order valence-corrected chi connectivity index (χ4v) is 0.553. The number of aliphatic hydroxyl groups excluding tert-OH is 1. The Bertz CT molecular complexity index is 97.4. The lowest BCUT2D eigenvalue weighted by Gasteiger charge is -1.90. The minimum Gasteiger partial charge on any atom is -0.474 e. The van der Waals surface area contributed by atoms with E-state index < -0.39 is 0 Å². The molecule has 0 amide bonds. The molecule has 0 rings (SSSR count). The van der Waals surface area contributed by atoms with Crippen LogP contribution < -0.4 is 0 Å². The largest absolute Gasteiger partial charge is 0.474 e. The van der Waals surface area contributed by atoms with Crippen molar-refractivity contribution in [2.45, 2.75) is 19.3 Å². The molecule has 0 saturated heterocycles. The highest BCUT2D eigenvalue weighted by Crippen LogP contribution is 1.95. The van der Waals surface area contributed by atoms with Crippen LogP contribution in [0.25, 0.3) is 0 Å². The molecule has 0 spiro atoms. The molecule has 10 heavy (non-hydrogen) atoms. The zero-order valence-electron chi connectivity index (χ0n) is 6.12. The van der Waals surface area contributed by atoms with Crippen molar-refractivity contribution in [3.8, 4) is 0 Å². The molecular weight excluding hydrogens is 128 g/mol. The van der Waals surface area contributed by atoms with E-state index in [4.69, 9.17) is 9.84 Å². The van der Waals surface area contributed by atoms with Crippen molar-refractivity contribution in [2.24, 2.45) is 0 Å². The molecule has 58 valence electrons. The van der Waals surface area contributed by atoms with Crippen LogP contribution in [0.2, 0.25) is 0 Å². The van der Waals surface area contributed by atoms with Crippen LogP contribution in [0.5, 0.6) is 0 Å². The fourth-order valence-electron chi connectivity index (χ4n) is 0.553. The molecule has 0 atom stereocenters. The van der Waals surface area contributed by atoms with Gasteiger partial charge in [0.15, 0.2) is 0 Å². The maximum atomic E-state index is 8.40. The predicted octanol–water partition coefficient (Wildman–Crippen LogP) is 1.82. The zero-order chi connectivity index (χ0) is 7.66. The molecule has 0 heterocycles. The molecule has 0 aliphatic heterocycles. The highest BCUT2D eigenvalue weighted by atomic mass is 16.5. The van der Waals surface area contributed by atoms with Gasteiger partial charge >= 0.3 is 0 Å². The Labute approximate surface area is 61.8 Å². The molecule has 0 fully saturated rings. The second-order valence-corrected chi connectivity index (χ2v) is 1.89. The first kappa shape index (κ1) is 9.24. The molecule has 0 saturated carbocycles. The average Bonchev–Trinajstić information content (AvgIpc) is 1.97. The van der Waals surface area contributed by atoms with Crippen molar-refractivity contribution >= 4 is 0 Å². The monoisotopic (exact) mass is 142 g/mol. The van der Waals surface area contributed by atoms with Gasteiger partial charge in [-0.05, 0) is 25.3 Å². The normalized spacial score (nSPS) is 10.1. The van der Waals surface area contributed by atoms with Crippen LogP contribution in [0.4, 0.5) is 0 Å². The Morgan fingerprint density at radius 3 is 2.80 bits per heavy atom. The summed E-state index contributed by atoms with van der Waals surface area (Å²) in [7, 11) is 0. The molecule has 0 aliphatic rings. The van der Waals surface area contributed by atoms with Gasteiger partial charge in [-0.3, -0.25) is 0 Å². The van der Waals surface area contributed by atoms with Crippen LogP contribution in [0.3, 0.4) is 0 Å². The Hall–Kier alpha value is -0.760. The second kappa shape index (κ2) is 8.24. The van der Waals surface area contributed by atoms with Gasteiger partial charge in [0, 0.05) is 6.61 Å². The predicted molar refractivity (Wildman–Crippen MR) is 41.4 cm³/mol. The van der Waals surface area contributed by atoms with Crippen molar-refractivity contribution in [2.75, 3.05) is 6.61 Å². The summed E-state index contributed by atoms with van der Waals surface area (Å²) in [6.07, 6.45) is 7.71. The van der Waals surface area contributed by atoms with E-state index >= 15 is 0 Å². The molecule has 0 aromatic heterocycles. The molecule has 1 N–H and O–H groups in total. The number of rotatable bonds is 6. The minimum absolute atomic E-state index is 0.274. The highest BCUT2D eigenvalue weighted by molar-refractivity contribution is 4.74. The maximum Gasteiger partial charge on any atom is 0.0861 e. The number of unbranched alkanes of at least 4 members (excludes halogenated alkanes) is 2. The summed E-state index contributed by atoms with van der Waals surface area (Å²) in [6.45, 7) is 3.66. The van der Waals surface area contributed by atoms with E-state index in [2.05, 4.69) is 6.58 Å². The van der Waals surface area contributed by atoms with Gasteiger partial charge in [0.1, 0.15) is 0 Å². The quantitative estimate of drug-likeness (QED) is 0.453. The van der Waals surface area contributed by atoms with Crippen LogP contribution in [0, 0.1) is 0 Å². The number of hydrogen-bond donors (Lipinski definition) is 1. The lowest BCUT2D eigenvalue weighted by molar-refractivity contribution is 0.285. The summed E-state index contributed by atoms with van der Waals surface area (Å²) in [4.78, 5) is 0. The standard InChI is InChI=1S/C8H14O2/c1-2-10-8-6-4-3-5-7-9/h2,6,8-9H,1,3-5,7H2. The van der Waals surface area contributed by atoms with Crippen LogP contribution in [0.1, 0.15) is 19.3 Å². The summed E-state index contributed by atoms with van der Waals surface area (Å²) in [5.41, 5.74) is 0. The molecule has 0 bridgehead atoms. The molecule has 0 unspecified atom stereocenters. The SMILES string of the molecule is C=COC=CCCCCO. The van der Waals surface area contributed by atoms with Crippen molar-refractivity contribution in [1.29, 1.82) is 0 Å². The third-order valence-corrected chi connectivity index (χ3v) is 1.05. The van der Waals surface area contributed by atoms with E-state index in [1.165, 1.54) is 6.26 Å². The van der Waals surface area contributed by atoms with Gasteiger partial charge in [-0.15, -0.1) is 0 Å². The lowest BCUT2D eigenvalue weighted by Crippen LogP contribution is -1.80. The van der Waals surface area contributed by atoms with Gasteiger partial charge in [-0.25, -0.2) is 0 Å². The Kier molecular flexibility index (Phi) is 7.61. The molecule has 0 radical (unpaired) electrons. The van der Waals surface area contributed by atoms with E-state index in [0.717, 1.165) is 19.3 Å². The number of hydrogen-bond acceptors (Lipinski definition) is 2. The van der Waals surface area contributed by atoms with Gasteiger partial charge in [0.2, 0.25) is 0 Å². The number of allylic oxidation sites excluding steroid dienone is 1. The first-order valence-corrected chi connectivity index (χ1v) is 3.44. The summed E-state index contributed by atoms with van der Waals surface area (Å²) in [6, 6.07) is 0. The molecule has 2 heteroatoms. The van der Waals surface area contributed by atoms with Crippen molar-refractivity contribution in [3.05, 3.63) is 25.2 Å². The lowest BCUT2D eigenvalue weighted by atomic mass is 10.2. The summed E-state index contributed by atoms with van der Waals surface area (Å²) in [5, 5.41) is 8.40. The zero-order valence-corrected chi connectivity index (χ0v) is 6.12. The van der Waals surface area contributed by atoms with Crippen LogP contribution in [0.15, 0.2) is 25.2 Å². The summed E-state index contributed by atoms with van der Waals surface area (Å²) >= 11 is 0. The smallest absolute Gasteiger partial charge is 0.0861 e. The maximum absolute atomic E-state index is 8.40. The first-order chi connectivity index (χ1) is 4.91. The third kappa shape index (κ3) is 7.24. The molecular formula is C8H14O2. The van der Waals surface area contributed by atoms with E-state index in [0.29, 0.717) is 0 Å².